The van der Waals surface area contributed by atoms with Crippen molar-refractivity contribution in [3.8, 4) is 0 Å². The highest BCUT2D eigenvalue weighted by atomic mass is 16.1. The first-order valence-electron chi connectivity index (χ1n) is 8.09. The van der Waals surface area contributed by atoms with Crippen molar-refractivity contribution in [1.82, 2.24) is 0 Å². The summed E-state index contributed by atoms with van der Waals surface area (Å²) in [7, 11) is 0. The molecule has 2 rings (SSSR count). The van der Waals surface area contributed by atoms with E-state index in [1.165, 1.54) is 5.56 Å². The van der Waals surface area contributed by atoms with E-state index in [2.05, 4.69) is 22.8 Å². The standard InChI is InChI=1S/C20H24N2O2/c1-13-10-14(2)20(15(3)11-13)22-19(24)8-9-21-18-7-5-6-17(12-18)16(4)23/h5-7,10-12,21H,8-9H2,1-4H3,(H,22,24). The zero-order chi connectivity index (χ0) is 17.7. The van der Waals surface area contributed by atoms with Crippen LogP contribution in [0.15, 0.2) is 36.4 Å². The van der Waals surface area contributed by atoms with Gasteiger partial charge in [0.1, 0.15) is 0 Å². The van der Waals surface area contributed by atoms with Crippen molar-refractivity contribution >= 4 is 23.1 Å². The average Bonchev–Trinajstić information content (AvgIpc) is 2.51. The molecule has 0 heterocycles. The molecule has 4 nitrogen and oxygen atoms in total. The van der Waals surface area contributed by atoms with Gasteiger partial charge in [-0.1, -0.05) is 29.8 Å². The summed E-state index contributed by atoms with van der Waals surface area (Å²) in [5, 5.41) is 6.17. The van der Waals surface area contributed by atoms with Crippen LogP contribution in [0.2, 0.25) is 0 Å². The van der Waals surface area contributed by atoms with Gasteiger partial charge in [-0.05, 0) is 51.0 Å². The third-order valence-electron chi connectivity index (χ3n) is 3.89. The number of anilines is 2. The fourth-order valence-corrected chi connectivity index (χ4v) is 2.75. The molecule has 0 aliphatic rings. The Morgan fingerprint density at radius 1 is 1.00 bits per heavy atom. The van der Waals surface area contributed by atoms with Crippen LogP contribution in [0.1, 0.15) is 40.4 Å². The van der Waals surface area contributed by atoms with E-state index in [4.69, 9.17) is 0 Å². The highest BCUT2D eigenvalue weighted by molar-refractivity contribution is 5.95. The summed E-state index contributed by atoms with van der Waals surface area (Å²) in [6, 6.07) is 11.4. The number of carbonyl (C=O) groups excluding carboxylic acids is 2. The number of ketones is 1. The molecule has 0 aliphatic heterocycles. The Labute approximate surface area is 143 Å². The van der Waals surface area contributed by atoms with Gasteiger partial charge in [-0.2, -0.15) is 0 Å². The van der Waals surface area contributed by atoms with Gasteiger partial charge in [0.2, 0.25) is 5.91 Å². The van der Waals surface area contributed by atoms with Crippen molar-refractivity contribution < 1.29 is 9.59 Å². The lowest BCUT2D eigenvalue weighted by molar-refractivity contribution is -0.116. The van der Waals surface area contributed by atoms with E-state index in [1.807, 2.05) is 32.9 Å². The van der Waals surface area contributed by atoms with Crippen molar-refractivity contribution in [2.45, 2.75) is 34.1 Å². The first kappa shape index (κ1) is 17.7. The molecule has 0 bridgehead atoms. The first-order valence-corrected chi connectivity index (χ1v) is 8.09. The average molecular weight is 324 g/mol. The van der Waals surface area contributed by atoms with Crippen LogP contribution in [0.5, 0.6) is 0 Å². The molecular weight excluding hydrogens is 300 g/mol. The van der Waals surface area contributed by atoms with E-state index >= 15 is 0 Å². The molecule has 1 amide bonds. The van der Waals surface area contributed by atoms with E-state index in [0.29, 0.717) is 18.5 Å². The zero-order valence-electron chi connectivity index (χ0n) is 14.7. The van der Waals surface area contributed by atoms with Gasteiger partial charge in [-0.15, -0.1) is 0 Å². The number of hydrogen-bond donors (Lipinski definition) is 2. The Kier molecular flexibility index (Phi) is 5.74. The first-order chi connectivity index (χ1) is 11.4. The number of carbonyl (C=O) groups is 2. The van der Waals surface area contributed by atoms with Crippen molar-refractivity contribution in [2.24, 2.45) is 0 Å². The molecule has 24 heavy (non-hydrogen) atoms. The van der Waals surface area contributed by atoms with E-state index in [0.717, 1.165) is 22.5 Å². The van der Waals surface area contributed by atoms with Crippen LogP contribution in [-0.2, 0) is 4.79 Å². The molecule has 2 N–H and O–H groups in total. The summed E-state index contributed by atoms with van der Waals surface area (Å²) in [6.07, 6.45) is 0.358. The van der Waals surface area contributed by atoms with Crippen LogP contribution in [0.25, 0.3) is 0 Å². The number of rotatable bonds is 6. The maximum absolute atomic E-state index is 12.2. The third-order valence-corrected chi connectivity index (χ3v) is 3.89. The van der Waals surface area contributed by atoms with Gasteiger partial charge in [0.05, 0.1) is 0 Å². The summed E-state index contributed by atoms with van der Waals surface area (Å²) in [5.41, 5.74) is 5.73. The molecule has 2 aromatic carbocycles. The molecular formula is C20H24N2O2. The number of hydrogen-bond acceptors (Lipinski definition) is 3. The Morgan fingerprint density at radius 3 is 2.29 bits per heavy atom. The second kappa shape index (κ2) is 7.77. The maximum atomic E-state index is 12.2. The topological polar surface area (TPSA) is 58.2 Å². The fourth-order valence-electron chi connectivity index (χ4n) is 2.75. The normalized spacial score (nSPS) is 10.3. The van der Waals surface area contributed by atoms with Crippen molar-refractivity contribution in [3.05, 3.63) is 58.7 Å². The molecule has 0 saturated carbocycles. The fraction of sp³-hybridized carbons (Fsp3) is 0.300. The van der Waals surface area contributed by atoms with Gasteiger partial charge >= 0.3 is 0 Å². The molecule has 0 radical (unpaired) electrons. The summed E-state index contributed by atoms with van der Waals surface area (Å²) < 4.78 is 0. The molecule has 4 heteroatoms. The van der Waals surface area contributed by atoms with Crippen LogP contribution < -0.4 is 10.6 Å². The van der Waals surface area contributed by atoms with Crippen LogP contribution in [0.4, 0.5) is 11.4 Å². The number of Topliss-reactive ketones (excluding diaryl/α,β-unsaturated/α-hetero) is 1. The van der Waals surface area contributed by atoms with Gasteiger partial charge in [0.15, 0.2) is 5.78 Å². The van der Waals surface area contributed by atoms with E-state index < -0.39 is 0 Å². The Morgan fingerprint density at radius 2 is 1.67 bits per heavy atom. The van der Waals surface area contributed by atoms with E-state index in [9.17, 15) is 9.59 Å². The molecule has 0 atom stereocenters. The predicted molar refractivity (Wildman–Crippen MR) is 98.8 cm³/mol. The smallest absolute Gasteiger partial charge is 0.226 e. The lowest BCUT2D eigenvalue weighted by Gasteiger charge is -2.13. The summed E-state index contributed by atoms with van der Waals surface area (Å²) >= 11 is 0. The van der Waals surface area contributed by atoms with Gasteiger partial charge in [0.25, 0.3) is 0 Å². The minimum absolute atomic E-state index is 0.0275. The summed E-state index contributed by atoms with van der Waals surface area (Å²) in [5.74, 6) is 0.00184. The lowest BCUT2D eigenvalue weighted by Crippen LogP contribution is -2.17. The quantitative estimate of drug-likeness (QED) is 0.781. The number of aryl methyl sites for hydroxylation is 3. The van der Waals surface area contributed by atoms with Gasteiger partial charge < -0.3 is 10.6 Å². The minimum atomic E-state index is -0.0275. The van der Waals surface area contributed by atoms with Crippen molar-refractivity contribution in [1.29, 1.82) is 0 Å². The van der Waals surface area contributed by atoms with Crippen LogP contribution in [0, 0.1) is 20.8 Å². The summed E-state index contributed by atoms with van der Waals surface area (Å²) in [4.78, 5) is 23.5. The van der Waals surface area contributed by atoms with E-state index in [-0.39, 0.29) is 11.7 Å². The predicted octanol–water partition coefficient (Wildman–Crippen LogP) is 4.26. The number of amides is 1. The molecule has 0 aromatic heterocycles. The second-order valence-corrected chi connectivity index (χ2v) is 6.14. The van der Waals surface area contributed by atoms with Crippen LogP contribution in [-0.4, -0.2) is 18.2 Å². The van der Waals surface area contributed by atoms with Gasteiger partial charge in [-0.3, -0.25) is 9.59 Å². The van der Waals surface area contributed by atoms with E-state index in [1.54, 1.807) is 19.1 Å². The molecule has 0 fully saturated rings. The highest BCUT2D eigenvalue weighted by Gasteiger charge is 2.08. The maximum Gasteiger partial charge on any atom is 0.226 e. The SMILES string of the molecule is CC(=O)c1cccc(NCCC(=O)Nc2c(C)cc(C)cc2C)c1. The second-order valence-electron chi connectivity index (χ2n) is 6.14. The van der Waals surface area contributed by atoms with Crippen molar-refractivity contribution in [2.75, 3.05) is 17.2 Å². The lowest BCUT2D eigenvalue weighted by atomic mass is 10.1. The Bertz CT molecular complexity index is 743. The van der Waals surface area contributed by atoms with Crippen molar-refractivity contribution in [3.63, 3.8) is 0 Å². The highest BCUT2D eigenvalue weighted by Crippen LogP contribution is 2.22. The van der Waals surface area contributed by atoms with Gasteiger partial charge in [0, 0.05) is 29.9 Å². The Hall–Kier alpha value is -2.62. The third kappa shape index (κ3) is 4.69. The van der Waals surface area contributed by atoms with Gasteiger partial charge in [-0.25, -0.2) is 0 Å². The van der Waals surface area contributed by atoms with Crippen LogP contribution in [0.3, 0.4) is 0 Å². The number of benzene rings is 2. The van der Waals surface area contributed by atoms with Crippen LogP contribution >= 0.6 is 0 Å². The molecule has 126 valence electrons. The molecule has 2 aromatic rings. The molecule has 0 unspecified atom stereocenters. The Balaban J connectivity index is 1.90. The molecule has 0 aliphatic carbocycles. The zero-order valence-corrected chi connectivity index (χ0v) is 14.7. The minimum Gasteiger partial charge on any atom is -0.385 e. The molecule has 0 spiro atoms. The number of nitrogens with one attached hydrogen (secondary N) is 2. The molecule has 0 saturated heterocycles. The monoisotopic (exact) mass is 324 g/mol. The largest absolute Gasteiger partial charge is 0.385 e. The summed E-state index contributed by atoms with van der Waals surface area (Å²) in [6.45, 7) is 8.10.